The summed E-state index contributed by atoms with van der Waals surface area (Å²) in [5.41, 5.74) is 0. The largest absolute Gasteiger partial charge is 0.394 e. The van der Waals surface area contributed by atoms with Crippen LogP contribution in [-0.4, -0.2) is 34.9 Å². The summed E-state index contributed by atoms with van der Waals surface area (Å²) in [4.78, 5) is 12.2. The summed E-state index contributed by atoms with van der Waals surface area (Å²) < 4.78 is 0. The molecule has 0 rings (SSSR count). The van der Waals surface area contributed by atoms with Gasteiger partial charge >= 0.3 is 0 Å². The van der Waals surface area contributed by atoms with E-state index in [1.807, 2.05) is 0 Å². The number of amides is 1. The van der Waals surface area contributed by atoms with Gasteiger partial charge in [-0.25, -0.2) is 0 Å². The molecule has 2 unspecified atom stereocenters. The number of aliphatic hydroxyl groups excluding tert-OH is 2. The van der Waals surface area contributed by atoms with E-state index in [1.165, 1.54) is 128 Å². The fourth-order valence-electron chi connectivity index (χ4n) is 5.39. The smallest absolute Gasteiger partial charge is 0.220 e. The minimum Gasteiger partial charge on any atom is -0.394 e. The van der Waals surface area contributed by atoms with E-state index in [-0.39, 0.29) is 12.5 Å². The Hall–Kier alpha value is -1.13. The molecule has 0 aromatic rings. The van der Waals surface area contributed by atoms with E-state index < -0.39 is 12.1 Å². The summed E-state index contributed by atoms with van der Waals surface area (Å²) in [5, 5.41) is 22.8. The van der Waals surface area contributed by atoms with Crippen LogP contribution in [0.25, 0.3) is 0 Å². The van der Waals surface area contributed by atoms with E-state index in [0.29, 0.717) is 12.8 Å². The van der Waals surface area contributed by atoms with Gasteiger partial charge < -0.3 is 15.5 Å². The highest BCUT2D eigenvalue weighted by atomic mass is 16.3. The van der Waals surface area contributed by atoms with Crippen molar-refractivity contribution < 1.29 is 15.0 Å². The average Bonchev–Trinajstić information content (AvgIpc) is 2.97. The molecular formula is C37H71NO3. The Kier molecular flexibility index (Phi) is 32.5. The first-order valence-corrected chi connectivity index (χ1v) is 18.0. The van der Waals surface area contributed by atoms with E-state index in [2.05, 4.69) is 43.5 Å². The van der Waals surface area contributed by atoms with Crippen LogP contribution in [0.15, 0.2) is 24.3 Å². The van der Waals surface area contributed by atoms with Crippen LogP contribution in [0.4, 0.5) is 0 Å². The van der Waals surface area contributed by atoms with Gasteiger partial charge in [-0.3, -0.25) is 4.79 Å². The lowest BCUT2D eigenvalue weighted by Gasteiger charge is -2.22. The Morgan fingerprint density at radius 1 is 0.585 bits per heavy atom. The molecule has 242 valence electrons. The first-order chi connectivity index (χ1) is 20.2. The van der Waals surface area contributed by atoms with Gasteiger partial charge in [0.1, 0.15) is 0 Å². The molecule has 41 heavy (non-hydrogen) atoms. The van der Waals surface area contributed by atoms with Gasteiger partial charge in [-0.05, 0) is 44.9 Å². The van der Waals surface area contributed by atoms with Crippen molar-refractivity contribution >= 4 is 5.91 Å². The third-order valence-corrected chi connectivity index (χ3v) is 8.22. The molecule has 4 nitrogen and oxygen atoms in total. The highest BCUT2D eigenvalue weighted by Crippen LogP contribution is 2.14. The maximum absolute atomic E-state index is 12.2. The zero-order valence-corrected chi connectivity index (χ0v) is 27.6. The van der Waals surface area contributed by atoms with Gasteiger partial charge in [0.15, 0.2) is 0 Å². The minimum absolute atomic E-state index is 0.0399. The number of hydrogen-bond acceptors (Lipinski definition) is 3. The number of carbonyl (C=O) groups is 1. The summed E-state index contributed by atoms with van der Waals surface area (Å²) in [7, 11) is 0. The number of rotatable bonds is 32. The Labute approximate surface area is 256 Å². The number of hydrogen-bond donors (Lipinski definition) is 3. The molecule has 0 aliphatic heterocycles. The van der Waals surface area contributed by atoms with Crippen LogP contribution in [0.1, 0.15) is 187 Å². The van der Waals surface area contributed by atoms with Crippen molar-refractivity contribution in [1.82, 2.24) is 5.32 Å². The van der Waals surface area contributed by atoms with Crippen LogP contribution in [0.2, 0.25) is 0 Å². The highest BCUT2D eigenvalue weighted by molar-refractivity contribution is 5.76. The van der Waals surface area contributed by atoms with Gasteiger partial charge in [-0.2, -0.15) is 0 Å². The summed E-state index contributed by atoms with van der Waals surface area (Å²) in [5.74, 6) is -0.0399. The Bertz CT molecular complexity index is 589. The predicted octanol–water partition coefficient (Wildman–Crippen LogP) is 10.5. The fourth-order valence-corrected chi connectivity index (χ4v) is 5.39. The first kappa shape index (κ1) is 39.9. The van der Waals surface area contributed by atoms with Gasteiger partial charge in [0, 0.05) is 6.42 Å². The van der Waals surface area contributed by atoms with Gasteiger partial charge in [-0.1, -0.05) is 160 Å². The van der Waals surface area contributed by atoms with Crippen molar-refractivity contribution in [3.8, 4) is 0 Å². The second kappa shape index (κ2) is 33.4. The zero-order chi connectivity index (χ0) is 30.1. The number of nitrogens with one attached hydrogen (secondary N) is 1. The van der Waals surface area contributed by atoms with Crippen molar-refractivity contribution in [3.63, 3.8) is 0 Å². The monoisotopic (exact) mass is 578 g/mol. The maximum Gasteiger partial charge on any atom is 0.220 e. The molecule has 0 radical (unpaired) electrons. The molecule has 0 fully saturated rings. The van der Waals surface area contributed by atoms with Gasteiger partial charge in [0.2, 0.25) is 5.91 Å². The Balaban J connectivity index is 3.47. The molecule has 0 bridgehead atoms. The van der Waals surface area contributed by atoms with E-state index in [1.54, 1.807) is 0 Å². The molecule has 3 N–H and O–H groups in total. The van der Waals surface area contributed by atoms with Crippen molar-refractivity contribution in [2.24, 2.45) is 0 Å². The quantitative estimate of drug-likeness (QED) is 0.0550. The standard InChI is InChI=1S/C37H71NO3/c1-3-5-7-9-11-12-13-14-15-16-17-18-19-20-21-22-23-24-25-26-27-29-31-33-37(41)38-35(34-39)36(40)32-30-28-10-8-6-4-2/h13-14,16-17,35-36,39-40H,3-12,15,18-34H2,1-2H3,(H,38,41)/b14-13-,17-16-. The fraction of sp³-hybridized carbons (Fsp3) is 0.865. The van der Waals surface area contributed by atoms with E-state index in [4.69, 9.17) is 0 Å². The first-order valence-electron chi connectivity index (χ1n) is 18.0. The van der Waals surface area contributed by atoms with Crippen molar-refractivity contribution in [2.75, 3.05) is 6.61 Å². The SMILES string of the molecule is CCCCCCC/C=C\C/C=C\CCCCCCCCCCCCCC(=O)NC(CO)C(O)CCCCCCCC. The molecule has 1 amide bonds. The predicted molar refractivity (Wildman–Crippen MR) is 179 cm³/mol. The number of unbranched alkanes of at least 4 members (excludes halogenated alkanes) is 21. The molecule has 0 aliphatic carbocycles. The molecule has 4 heteroatoms. The lowest BCUT2D eigenvalue weighted by molar-refractivity contribution is -0.123. The van der Waals surface area contributed by atoms with Gasteiger partial charge in [-0.15, -0.1) is 0 Å². The zero-order valence-electron chi connectivity index (χ0n) is 27.6. The van der Waals surface area contributed by atoms with Crippen molar-refractivity contribution in [3.05, 3.63) is 24.3 Å². The minimum atomic E-state index is -0.654. The molecule has 0 saturated carbocycles. The number of carbonyl (C=O) groups excluding carboxylic acids is 1. The molecule has 0 spiro atoms. The van der Waals surface area contributed by atoms with Crippen LogP contribution in [0.5, 0.6) is 0 Å². The van der Waals surface area contributed by atoms with E-state index >= 15 is 0 Å². The average molecular weight is 578 g/mol. The summed E-state index contributed by atoms with van der Waals surface area (Å²) in [6.07, 6.45) is 41.1. The maximum atomic E-state index is 12.2. The van der Waals surface area contributed by atoms with Crippen LogP contribution in [0, 0.1) is 0 Å². The normalized spacial score (nSPS) is 13.4. The van der Waals surface area contributed by atoms with Crippen LogP contribution >= 0.6 is 0 Å². The molecular weight excluding hydrogens is 506 g/mol. The molecule has 0 aromatic carbocycles. The lowest BCUT2D eigenvalue weighted by Crippen LogP contribution is -2.45. The molecule has 2 atom stereocenters. The van der Waals surface area contributed by atoms with Crippen LogP contribution < -0.4 is 5.32 Å². The number of aliphatic hydroxyl groups is 2. The third kappa shape index (κ3) is 30.1. The van der Waals surface area contributed by atoms with Gasteiger partial charge in [0.05, 0.1) is 18.8 Å². The van der Waals surface area contributed by atoms with Gasteiger partial charge in [0.25, 0.3) is 0 Å². The topological polar surface area (TPSA) is 69.6 Å². The molecule has 0 heterocycles. The van der Waals surface area contributed by atoms with Crippen molar-refractivity contribution in [1.29, 1.82) is 0 Å². The van der Waals surface area contributed by atoms with Crippen molar-refractivity contribution in [2.45, 2.75) is 199 Å². The Morgan fingerprint density at radius 2 is 1.00 bits per heavy atom. The van der Waals surface area contributed by atoms with Crippen LogP contribution in [-0.2, 0) is 4.79 Å². The summed E-state index contributed by atoms with van der Waals surface area (Å²) in [6.45, 7) is 4.28. The summed E-state index contributed by atoms with van der Waals surface area (Å²) >= 11 is 0. The lowest BCUT2D eigenvalue weighted by atomic mass is 10.0. The second-order valence-corrected chi connectivity index (χ2v) is 12.3. The molecule has 0 saturated heterocycles. The second-order valence-electron chi connectivity index (χ2n) is 12.3. The third-order valence-electron chi connectivity index (χ3n) is 8.22. The highest BCUT2D eigenvalue weighted by Gasteiger charge is 2.19. The molecule has 0 aromatic heterocycles. The van der Waals surface area contributed by atoms with E-state index in [0.717, 1.165) is 32.1 Å². The number of allylic oxidation sites excluding steroid dienone is 4. The molecule has 0 aliphatic rings. The van der Waals surface area contributed by atoms with Crippen LogP contribution in [0.3, 0.4) is 0 Å². The van der Waals surface area contributed by atoms with E-state index in [9.17, 15) is 15.0 Å². The Morgan fingerprint density at radius 3 is 1.46 bits per heavy atom. The summed E-state index contributed by atoms with van der Waals surface area (Å²) in [6, 6.07) is -0.531.